The van der Waals surface area contributed by atoms with Gasteiger partial charge in [-0.15, -0.1) is 0 Å². The molecule has 0 bridgehead atoms. The number of carbonyl (C=O) groups excluding carboxylic acids is 2. The first-order chi connectivity index (χ1) is 13.3. The second kappa shape index (κ2) is 8.90. The SMILES string of the molecule is C[C@@H]1CN(C(=O)c2ccc(CNC(=O)c3ccc(Cl)nc3Cl)cc2)C[C@H](C)O1. The molecule has 2 heterocycles. The Kier molecular flexibility index (Phi) is 6.54. The third-order valence-electron chi connectivity index (χ3n) is 4.42. The summed E-state index contributed by atoms with van der Waals surface area (Å²) in [5.41, 5.74) is 1.74. The number of ether oxygens (including phenoxy) is 1. The minimum Gasteiger partial charge on any atom is -0.372 e. The fourth-order valence-corrected chi connectivity index (χ4v) is 3.58. The maximum atomic E-state index is 12.7. The fourth-order valence-electron chi connectivity index (χ4n) is 3.15. The molecule has 0 unspecified atom stereocenters. The van der Waals surface area contributed by atoms with Crippen LogP contribution in [0.1, 0.15) is 40.1 Å². The van der Waals surface area contributed by atoms with Crippen molar-refractivity contribution in [2.24, 2.45) is 0 Å². The lowest BCUT2D eigenvalue weighted by Gasteiger charge is -2.35. The molecular weight excluding hydrogens is 401 g/mol. The number of hydrogen-bond donors (Lipinski definition) is 1. The van der Waals surface area contributed by atoms with E-state index in [1.165, 1.54) is 12.1 Å². The van der Waals surface area contributed by atoms with Crippen LogP contribution < -0.4 is 5.32 Å². The summed E-state index contributed by atoms with van der Waals surface area (Å²) in [6.45, 7) is 5.39. The summed E-state index contributed by atoms with van der Waals surface area (Å²) >= 11 is 11.7. The number of nitrogens with one attached hydrogen (secondary N) is 1. The number of rotatable bonds is 4. The number of nitrogens with zero attached hydrogens (tertiary/aromatic N) is 2. The molecule has 0 spiro atoms. The van der Waals surface area contributed by atoms with Crippen molar-refractivity contribution in [1.29, 1.82) is 0 Å². The number of pyridine rings is 1. The first-order valence-corrected chi connectivity index (χ1v) is 9.73. The summed E-state index contributed by atoms with van der Waals surface area (Å²) in [7, 11) is 0. The summed E-state index contributed by atoms with van der Waals surface area (Å²) in [4.78, 5) is 30.6. The topological polar surface area (TPSA) is 71.5 Å². The molecule has 1 N–H and O–H groups in total. The van der Waals surface area contributed by atoms with Gasteiger partial charge < -0.3 is 15.0 Å². The summed E-state index contributed by atoms with van der Waals surface area (Å²) < 4.78 is 5.67. The van der Waals surface area contributed by atoms with Crippen LogP contribution in [0, 0.1) is 0 Å². The average Bonchev–Trinajstić information content (AvgIpc) is 2.65. The van der Waals surface area contributed by atoms with Gasteiger partial charge in [0, 0.05) is 25.2 Å². The van der Waals surface area contributed by atoms with E-state index in [0.717, 1.165) is 5.56 Å². The lowest BCUT2D eigenvalue weighted by molar-refractivity contribution is -0.0586. The molecule has 28 heavy (non-hydrogen) atoms. The zero-order valence-corrected chi connectivity index (χ0v) is 17.1. The fraction of sp³-hybridized carbons (Fsp3) is 0.350. The highest BCUT2D eigenvalue weighted by molar-refractivity contribution is 6.34. The van der Waals surface area contributed by atoms with Gasteiger partial charge in [0.1, 0.15) is 10.3 Å². The van der Waals surface area contributed by atoms with Crippen molar-refractivity contribution in [3.05, 3.63) is 63.4 Å². The Morgan fingerprint density at radius 2 is 1.75 bits per heavy atom. The zero-order valence-electron chi connectivity index (χ0n) is 15.6. The second-order valence-corrected chi connectivity index (χ2v) is 7.56. The quantitative estimate of drug-likeness (QED) is 0.765. The molecule has 148 valence electrons. The molecule has 1 aliphatic heterocycles. The number of halogens is 2. The van der Waals surface area contributed by atoms with Crippen LogP contribution in [0.4, 0.5) is 0 Å². The third kappa shape index (κ3) is 5.01. The molecule has 3 rings (SSSR count). The third-order valence-corrected chi connectivity index (χ3v) is 4.92. The van der Waals surface area contributed by atoms with Gasteiger partial charge in [0.2, 0.25) is 0 Å². The maximum Gasteiger partial charge on any atom is 0.254 e. The largest absolute Gasteiger partial charge is 0.372 e. The van der Waals surface area contributed by atoms with Crippen molar-refractivity contribution in [3.63, 3.8) is 0 Å². The molecule has 6 nitrogen and oxygen atoms in total. The number of amides is 2. The van der Waals surface area contributed by atoms with Gasteiger partial charge in [-0.1, -0.05) is 35.3 Å². The molecule has 8 heteroatoms. The molecule has 0 saturated carbocycles. The highest BCUT2D eigenvalue weighted by Gasteiger charge is 2.26. The van der Waals surface area contributed by atoms with Crippen LogP contribution in [0.2, 0.25) is 10.3 Å². The van der Waals surface area contributed by atoms with Crippen molar-refractivity contribution < 1.29 is 14.3 Å². The predicted molar refractivity (Wildman–Crippen MR) is 108 cm³/mol. The van der Waals surface area contributed by atoms with Gasteiger partial charge in [0.05, 0.1) is 17.8 Å². The molecule has 2 amide bonds. The van der Waals surface area contributed by atoms with Crippen LogP contribution in [0.5, 0.6) is 0 Å². The van der Waals surface area contributed by atoms with Gasteiger partial charge in [-0.05, 0) is 43.7 Å². The van der Waals surface area contributed by atoms with Gasteiger partial charge >= 0.3 is 0 Å². The Labute approximate surface area is 173 Å². The van der Waals surface area contributed by atoms with Gasteiger partial charge in [-0.3, -0.25) is 9.59 Å². The highest BCUT2D eigenvalue weighted by Crippen LogP contribution is 2.17. The highest BCUT2D eigenvalue weighted by atomic mass is 35.5. The summed E-state index contributed by atoms with van der Waals surface area (Å²) in [5, 5.41) is 3.06. The van der Waals surface area contributed by atoms with E-state index in [9.17, 15) is 9.59 Å². The lowest BCUT2D eigenvalue weighted by atomic mass is 10.1. The number of aromatic nitrogens is 1. The first-order valence-electron chi connectivity index (χ1n) is 8.97. The van der Waals surface area contributed by atoms with Gasteiger partial charge in [0.15, 0.2) is 0 Å². The Balaban J connectivity index is 1.60. The van der Waals surface area contributed by atoms with Crippen molar-refractivity contribution >= 4 is 35.0 Å². The van der Waals surface area contributed by atoms with Crippen LogP contribution in [0.3, 0.4) is 0 Å². The predicted octanol–water partition coefficient (Wildman–Crippen LogP) is 3.57. The number of benzene rings is 1. The summed E-state index contributed by atoms with van der Waals surface area (Å²) in [5.74, 6) is -0.359. The monoisotopic (exact) mass is 421 g/mol. The van der Waals surface area contributed by atoms with E-state index >= 15 is 0 Å². The van der Waals surface area contributed by atoms with Gasteiger partial charge in [0.25, 0.3) is 11.8 Å². The molecule has 1 aromatic carbocycles. The van der Waals surface area contributed by atoms with E-state index in [1.807, 2.05) is 30.9 Å². The van der Waals surface area contributed by atoms with E-state index in [0.29, 0.717) is 25.2 Å². The van der Waals surface area contributed by atoms with E-state index in [2.05, 4.69) is 10.3 Å². The van der Waals surface area contributed by atoms with E-state index < -0.39 is 0 Å². The van der Waals surface area contributed by atoms with Crippen LogP contribution in [-0.4, -0.2) is 47.0 Å². The van der Waals surface area contributed by atoms with Crippen LogP contribution in [-0.2, 0) is 11.3 Å². The average molecular weight is 422 g/mol. The molecule has 2 atom stereocenters. The molecular formula is C20H21Cl2N3O3. The van der Waals surface area contributed by atoms with Crippen LogP contribution >= 0.6 is 23.2 Å². The van der Waals surface area contributed by atoms with Gasteiger partial charge in [-0.2, -0.15) is 0 Å². The Bertz CT molecular complexity index is 863. The maximum absolute atomic E-state index is 12.7. The Morgan fingerprint density at radius 3 is 2.36 bits per heavy atom. The smallest absolute Gasteiger partial charge is 0.254 e. The minimum absolute atomic E-state index is 0.0170. The number of morpholine rings is 1. The standard InChI is InChI=1S/C20H21Cl2N3O3/c1-12-10-25(11-13(2)28-12)20(27)15-5-3-14(4-6-15)9-23-19(26)16-7-8-17(21)24-18(16)22/h3-8,12-13H,9-11H2,1-2H3,(H,23,26)/t12-,13+. The first kappa shape index (κ1) is 20.6. The minimum atomic E-state index is -0.342. The molecule has 1 fully saturated rings. The zero-order chi connectivity index (χ0) is 20.3. The van der Waals surface area contributed by atoms with Crippen molar-refractivity contribution in [2.75, 3.05) is 13.1 Å². The molecule has 1 saturated heterocycles. The molecule has 2 aromatic rings. The van der Waals surface area contributed by atoms with Gasteiger partial charge in [-0.25, -0.2) is 4.98 Å². The van der Waals surface area contributed by atoms with Crippen LogP contribution in [0.15, 0.2) is 36.4 Å². The number of carbonyl (C=O) groups is 2. The molecule has 0 aliphatic carbocycles. The van der Waals surface area contributed by atoms with Crippen molar-refractivity contribution in [2.45, 2.75) is 32.6 Å². The Morgan fingerprint density at radius 1 is 1.11 bits per heavy atom. The number of hydrogen-bond acceptors (Lipinski definition) is 4. The van der Waals surface area contributed by atoms with Crippen molar-refractivity contribution in [1.82, 2.24) is 15.2 Å². The lowest BCUT2D eigenvalue weighted by Crippen LogP contribution is -2.48. The van der Waals surface area contributed by atoms with E-state index in [-0.39, 0.29) is 39.9 Å². The van der Waals surface area contributed by atoms with E-state index in [4.69, 9.17) is 27.9 Å². The molecule has 1 aliphatic rings. The molecule has 1 aromatic heterocycles. The molecule has 0 radical (unpaired) electrons. The second-order valence-electron chi connectivity index (χ2n) is 6.82. The summed E-state index contributed by atoms with van der Waals surface area (Å²) in [6.07, 6.45) is 0.0488. The normalized spacial score (nSPS) is 19.4. The van der Waals surface area contributed by atoms with E-state index in [1.54, 1.807) is 12.1 Å². The van der Waals surface area contributed by atoms with Crippen molar-refractivity contribution in [3.8, 4) is 0 Å². The van der Waals surface area contributed by atoms with Crippen LogP contribution in [0.25, 0.3) is 0 Å². The summed E-state index contributed by atoms with van der Waals surface area (Å²) in [6, 6.07) is 10.2. The Hall–Kier alpha value is -2.15.